The fourth-order valence-corrected chi connectivity index (χ4v) is 5.77. The molecular formula is C33H48O. The van der Waals surface area contributed by atoms with Gasteiger partial charge in [-0.1, -0.05) is 106 Å². The van der Waals surface area contributed by atoms with E-state index in [2.05, 4.69) is 80.6 Å². The second-order valence-electron chi connectivity index (χ2n) is 10.6. The molecule has 0 saturated heterocycles. The van der Waals surface area contributed by atoms with Crippen LogP contribution in [0.15, 0.2) is 66.7 Å². The first-order valence-corrected chi connectivity index (χ1v) is 14.0. The summed E-state index contributed by atoms with van der Waals surface area (Å²) in [6, 6.07) is 20.0. The first kappa shape index (κ1) is 26.7. The molecule has 1 fully saturated rings. The number of rotatable bonds is 14. The molecule has 0 aliphatic heterocycles. The van der Waals surface area contributed by atoms with Crippen LogP contribution in [0, 0.1) is 17.8 Å². The Morgan fingerprint density at radius 1 is 0.853 bits per heavy atom. The van der Waals surface area contributed by atoms with Gasteiger partial charge in [0.15, 0.2) is 0 Å². The lowest BCUT2D eigenvalue weighted by atomic mass is 9.73. The molecule has 2 unspecified atom stereocenters. The second kappa shape index (κ2) is 15.2. The molecular weight excluding hydrogens is 412 g/mol. The summed E-state index contributed by atoms with van der Waals surface area (Å²) in [4.78, 5) is 0. The zero-order valence-electron chi connectivity index (χ0n) is 22.1. The van der Waals surface area contributed by atoms with Gasteiger partial charge in [-0.2, -0.15) is 0 Å². The molecule has 1 heteroatoms. The maximum absolute atomic E-state index is 5.80. The number of ether oxygens (including phenoxy) is 1. The molecule has 0 bridgehead atoms. The minimum atomic E-state index is 0.245. The quantitative estimate of drug-likeness (QED) is 0.201. The monoisotopic (exact) mass is 460 g/mol. The highest BCUT2D eigenvalue weighted by atomic mass is 16.5. The van der Waals surface area contributed by atoms with E-state index in [0.29, 0.717) is 0 Å². The number of aryl methyl sites for hydroxylation is 1. The van der Waals surface area contributed by atoms with Crippen molar-refractivity contribution in [3.63, 3.8) is 0 Å². The highest BCUT2D eigenvalue weighted by Gasteiger charge is 2.25. The van der Waals surface area contributed by atoms with Gasteiger partial charge in [-0.3, -0.25) is 0 Å². The standard InChI is InChI=1S/C33H48O/c1-4-5-7-12-28-18-20-29(21-19-28)13-10-11-14-30-22-24-31(25-23-30)27(2)17-26-33(34-3)32-15-8-6-9-16-32/h5-9,15-16,18-21,27,30-31,33H,4,10-14,17,22-26H2,1-3H3/t27?,30-,31-,33?. The second-order valence-corrected chi connectivity index (χ2v) is 10.6. The van der Waals surface area contributed by atoms with E-state index in [1.165, 1.54) is 74.5 Å². The van der Waals surface area contributed by atoms with Crippen molar-refractivity contribution >= 4 is 0 Å². The maximum atomic E-state index is 5.80. The SMILES string of the molecule is CCC=CCc1ccc(CCCC[C@H]2CC[C@H](C(C)CCC(OC)c3ccccc3)CC2)cc1. The molecule has 0 radical (unpaired) electrons. The van der Waals surface area contributed by atoms with Crippen molar-refractivity contribution < 1.29 is 4.74 Å². The van der Waals surface area contributed by atoms with Crippen LogP contribution in [0.2, 0.25) is 0 Å². The van der Waals surface area contributed by atoms with Gasteiger partial charge < -0.3 is 4.74 Å². The Balaban J connectivity index is 1.28. The predicted octanol–water partition coefficient (Wildman–Crippen LogP) is 9.52. The Hall–Kier alpha value is -1.86. The van der Waals surface area contributed by atoms with Crippen LogP contribution in [-0.2, 0) is 17.6 Å². The third kappa shape index (κ3) is 9.06. The summed E-state index contributed by atoms with van der Waals surface area (Å²) in [5, 5.41) is 0. The molecule has 0 heterocycles. The molecule has 3 rings (SSSR count). The minimum absolute atomic E-state index is 0.245. The van der Waals surface area contributed by atoms with Gasteiger partial charge in [0.25, 0.3) is 0 Å². The normalized spacial score (nSPS) is 20.4. The largest absolute Gasteiger partial charge is 0.377 e. The summed E-state index contributed by atoms with van der Waals surface area (Å²) in [5.41, 5.74) is 4.25. The van der Waals surface area contributed by atoms with Crippen LogP contribution in [0.5, 0.6) is 0 Å². The molecule has 0 spiro atoms. The molecule has 2 atom stereocenters. The Kier molecular flexibility index (Phi) is 12.0. The van der Waals surface area contributed by atoms with Gasteiger partial charge >= 0.3 is 0 Å². The number of unbranched alkanes of at least 4 members (excludes halogenated alkanes) is 1. The van der Waals surface area contributed by atoms with Crippen LogP contribution in [0.25, 0.3) is 0 Å². The van der Waals surface area contributed by atoms with Crippen molar-refractivity contribution in [2.45, 2.75) is 97.0 Å². The average Bonchev–Trinajstić information content (AvgIpc) is 2.89. The number of allylic oxidation sites excluding steroid dienone is 2. The summed E-state index contributed by atoms with van der Waals surface area (Å²) in [7, 11) is 1.86. The van der Waals surface area contributed by atoms with Gasteiger partial charge in [-0.25, -0.2) is 0 Å². The molecule has 1 nitrogen and oxygen atoms in total. The van der Waals surface area contributed by atoms with Gasteiger partial charge in [-0.15, -0.1) is 0 Å². The summed E-state index contributed by atoms with van der Waals surface area (Å²) < 4.78 is 5.80. The van der Waals surface area contributed by atoms with E-state index in [-0.39, 0.29) is 6.10 Å². The van der Waals surface area contributed by atoms with Crippen LogP contribution in [0.3, 0.4) is 0 Å². The number of hydrogen-bond acceptors (Lipinski definition) is 1. The molecule has 2 aromatic rings. The average molecular weight is 461 g/mol. The smallest absolute Gasteiger partial charge is 0.0821 e. The van der Waals surface area contributed by atoms with Crippen molar-refractivity contribution in [3.8, 4) is 0 Å². The summed E-state index contributed by atoms with van der Waals surface area (Å²) in [6.45, 7) is 4.67. The number of benzene rings is 2. The van der Waals surface area contributed by atoms with Crippen molar-refractivity contribution in [2.75, 3.05) is 7.11 Å². The third-order valence-corrected chi connectivity index (χ3v) is 8.14. The highest BCUT2D eigenvalue weighted by Crippen LogP contribution is 2.38. The Bertz CT molecular complexity index is 798. The zero-order chi connectivity index (χ0) is 24.0. The van der Waals surface area contributed by atoms with E-state index in [1.807, 2.05) is 7.11 Å². The van der Waals surface area contributed by atoms with Crippen molar-refractivity contribution in [3.05, 3.63) is 83.4 Å². The van der Waals surface area contributed by atoms with Crippen molar-refractivity contribution in [2.24, 2.45) is 17.8 Å². The van der Waals surface area contributed by atoms with Crippen LogP contribution in [0.1, 0.15) is 101 Å². The van der Waals surface area contributed by atoms with E-state index >= 15 is 0 Å². The van der Waals surface area contributed by atoms with Crippen LogP contribution in [0.4, 0.5) is 0 Å². The van der Waals surface area contributed by atoms with Crippen molar-refractivity contribution in [1.82, 2.24) is 0 Å². The summed E-state index contributed by atoms with van der Waals surface area (Å²) in [6.07, 6.45) is 20.5. The van der Waals surface area contributed by atoms with Gasteiger partial charge in [0.05, 0.1) is 6.10 Å². The molecule has 2 aromatic carbocycles. The van der Waals surface area contributed by atoms with Crippen LogP contribution < -0.4 is 0 Å². The van der Waals surface area contributed by atoms with Gasteiger partial charge in [0.1, 0.15) is 0 Å². The lowest BCUT2D eigenvalue weighted by Gasteiger charge is -2.33. The van der Waals surface area contributed by atoms with E-state index in [4.69, 9.17) is 4.74 Å². The van der Waals surface area contributed by atoms with Gasteiger partial charge in [-0.05, 0) is 85.8 Å². The molecule has 0 amide bonds. The fourth-order valence-electron chi connectivity index (χ4n) is 5.77. The van der Waals surface area contributed by atoms with Gasteiger partial charge in [0, 0.05) is 7.11 Å². The molecule has 0 aromatic heterocycles. The summed E-state index contributed by atoms with van der Waals surface area (Å²) in [5.74, 6) is 2.69. The molecule has 0 N–H and O–H groups in total. The first-order valence-electron chi connectivity index (χ1n) is 14.0. The van der Waals surface area contributed by atoms with Gasteiger partial charge in [0.2, 0.25) is 0 Å². The number of methoxy groups -OCH3 is 1. The Labute approximate surface area is 210 Å². The molecule has 1 saturated carbocycles. The third-order valence-electron chi connectivity index (χ3n) is 8.14. The zero-order valence-corrected chi connectivity index (χ0v) is 22.1. The lowest BCUT2D eigenvalue weighted by molar-refractivity contribution is 0.0833. The van der Waals surface area contributed by atoms with E-state index in [1.54, 1.807) is 0 Å². The van der Waals surface area contributed by atoms with E-state index in [0.717, 1.165) is 37.0 Å². The fraction of sp³-hybridized carbons (Fsp3) is 0.576. The van der Waals surface area contributed by atoms with E-state index < -0.39 is 0 Å². The number of hydrogen-bond donors (Lipinski definition) is 0. The molecule has 1 aliphatic rings. The molecule has 186 valence electrons. The predicted molar refractivity (Wildman–Crippen MR) is 147 cm³/mol. The first-order chi connectivity index (χ1) is 16.7. The lowest BCUT2D eigenvalue weighted by Crippen LogP contribution is -2.21. The van der Waals surface area contributed by atoms with Crippen LogP contribution >= 0.6 is 0 Å². The Morgan fingerprint density at radius 3 is 2.24 bits per heavy atom. The Morgan fingerprint density at radius 2 is 1.56 bits per heavy atom. The van der Waals surface area contributed by atoms with Crippen molar-refractivity contribution in [1.29, 1.82) is 0 Å². The molecule has 1 aliphatic carbocycles. The van der Waals surface area contributed by atoms with E-state index in [9.17, 15) is 0 Å². The summed E-state index contributed by atoms with van der Waals surface area (Å²) >= 11 is 0. The topological polar surface area (TPSA) is 9.23 Å². The highest BCUT2D eigenvalue weighted by molar-refractivity contribution is 5.24. The molecule has 34 heavy (non-hydrogen) atoms. The van der Waals surface area contributed by atoms with Crippen LogP contribution in [-0.4, -0.2) is 7.11 Å². The minimum Gasteiger partial charge on any atom is -0.377 e. The maximum Gasteiger partial charge on any atom is 0.0821 e.